The minimum Gasteiger partial charge on any atom is -0.490 e. The predicted molar refractivity (Wildman–Crippen MR) is 149 cm³/mol. The molecule has 0 amide bonds. The van der Waals surface area contributed by atoms with Crippen molar-refractivity contribution in [3.05, 3.63) is 83.9 Å². The minimum absolute atomic E-state index is 0.452. The molecule has 1 saturated carbocycles. The molecule has 1 aliphatic carbocycles. The van der Waals surface area contributed by atoms with Gasteiger partial charge in [-0.3, -0.25) is 0 Å². The van der Waals surface area contributed by atoms with Gasteiger partial charge in [-0.05, 0) is 97.7 Å². The molecule has 190 valence electrons. The van der Waals surface area contributed by atoms with Crippen molar-refractivity contribution in [2.75, 3.05) is 24.7 Å². The smallest absolute Gasteiger partial charge is 0.150 e. The zero-order chi connectivity index (χ0) is 25.2. The molecule has 0 aliphatic heterocycles. The van der Waals surface area contributed by atoms with Crippen LogP contribution in [-0.2, 0) is 4.74 Å². The molecule has 4 rings (SSSR count). The van der Waals surface area contributed by atoms with Gasteiger partial charge >= 0.3 is 0 Å². The van der Waals surface area contributed by atoms with E-state index < -0.39 is 0 Å². The van der Waals surface area contributed by atoms with Gasteiger partial charge in [0.15, 0.2) is 0 Å². The van der Waals surface area contributed by atoms with Gasteiger partial charge < -0.3 is 25.7 Å². The second kappa shape index (κ2) is 13.0. The summed E-state index contributed by atoms with van der Waals surface area (Å²) in [5, 5.41) is 0. The van der Waals surface area contributed by atoms with E-state index in [1.54, 1.807) is 18.2 Å². The van der Waals surface area contributed by atoms with E-state index >= 15 is 0 Å². The summed E-state index contributed by atoms with van der Waals surface area (Å²) in [4.78, 5) is 0. The van der Waals surface area contributed by atoms with Gasteiger partial charge in [0.05, 0.1) is 11.8 Å². The lowest BCUT2D eigenvalue weighted by molar-refractivity contribution is 0.0232. The highest BCUT2D eigenvalue weighted by Crippen LogP contribution is 2.35. The van der Waals surface area contributed by atoms with Crippen LogP contribution in [0.25, 0.3) is 6.08 Å². The first-order valence-electron chi connectivity index (χ1n) is 13.0. The van der Waals surface area contributed by atoms with Crippen molar-refractivity contribution in [3.63, 3.8) is 0 Å². The van der Waals surface area contributed by atoms with Crippen LogP contribution in [0.4, 0.5) is 11.4 Å². The Labute approximate surface area is 215 Å². The highest BCUT2D eigenvalue weighted by molar-refractivity contribution is 5.61. The molecule has 0 radical (unpaired) electrons. The molecule has 0 spiro atoms. The highest BCUT2D eigenvalue weighted by atomic mass is 16.5. The van der Waals surface area contributed by atoms with Gasteiger partial charge in [0.2, 0.25) is 0 Å². The first-order chi connectivity index (χ1) is 17.6. The van der Waals surface area contributed by atoms with Crippen LogP contribution in [0.5, 0.6) is 17.2 Å². The molecule has 1 fully saturated rings. The molecule has 36 heavy (non-hydrogen) atoms. The number of nitrogen functional groups attached to an aromatic ring is 2. The summed E-state index contributed by atoms with van der Waals surface area (Å²) in [7, 11) is 0. The van der Waals surface area contributed by atoms with Gasteiger partial charge in [0, 0.05) is 12.3 Å². The van der Waals surface area contributed by atoms with Gasteiger partial charge in [-0.15, -0.1) is 0 Å². The van der Waals surface area contributed by atoms with Crippen LogP contribution in [0, 0.1) is 0 Å². The van der Waals surface area contributed by atoms with Crippen LogP contribution in [0.3, 0.4) is 0 Å². The average Bonchev–Trinajstić information content (AvgIpc) is 2.90. The zero-order valence-electron chi connectivity index (χ0n) is 21.2. The second-order valence-corrected chi connectivity index (χ2v) is 9.45. The molecular formula is C31H38N2O3. The van der Waals surface area contributed by atoms with Crippen LogP contribution < -0.4 is 20.9 Å². The third-order valence-electron chi connectivity index (χ3n) is 6.68. The van der Waals surface area contributed by atoms with Crippen LogP contribution in [0.2, 0.25) is 0 Å². The van der Waals surface area contributed by atoms with Gasteiger partial charge in [0.1, 0.15) is 23.9 Å². The number of rotatable bonds is 11. The summed E-state index contributed by atoms with van der Waals surface area (Å²) in [6.45, 7) is 3.63. The van der Waals surface area contributed by atoms with Gasteiger partial charge in [-0.25, -0.2) is 0 Å². The van der Waals surface area contributed by atoms with Crippen molar-refractivity contribution < 1.29 is 14.2 Å². The van der Waals surface area contributed by atoms with E-state index in [1.807, 2.05) is 36.4 Å². The van der Waals surface area contributed by atoms with E-state index in [0.29, 0.717) is 35.8 Å². The van der Waals surface area contributed by atoms with E-state index in [4.69, 9.17) is 25.7 Å². The predicted octanol–water partition coefficient (Wildman–Crippen LogP) is 7.58. The molecule has 1 aliphatic rings. The molecule has 5 nitrogen and oxygen atoms in total. The maximum Gasteiger partial charge on any atom is 0.150 e. The lowest BCUT2D eigenvalue weighted by Crippen LogP contribution is -2.21. The van der Waals surface area contributed by atoms with Gasteiger partial charge in [-0.1, -0.05) is 43.7 Å². The second-order valence-electron chi connectivity index (χ2n) is 9.45. The van der Waals surface area contributed by atoms with Crippen LogP contribution in [-0.4, -0.2) is 19.3 Å². The molecular weight excluding hydrogens is 448 g/mol. The fourth-order valence-electron chi connectivity index (χ4n) is 4.56. The molecule has 0 bridgehead atoms. The quantitative estimate of drug-likeness (QED) is 0.216. The molecule has 0 atom stereocenters. The zero-order valence-corrected chi connectivity index (χ0v) is 21.2. The van der Waals surface area contributed by atoms with Crippen molar-refractivity contribution in [1.29, 1.82) is 0 Å². The van der Waals surface area contributed by atoms with Crippen molar-refractivity contribution in [1.82, 2.24) is 0 Å². The fourth-order valence-corrected chi connectivity index (χ4v) is 4.56. The summed E-state index contributed by atoms with van der Waals surface area (Å²) in [5.74, 6) is 2.84. The maximum absolute atomic E-state index is 6.01. The Balaban J connectivity index is 1.19. The Kier molecular flexibility index (Phi) is 9.28. The lowest BCUT2D eigenvalue weighted by Gasteiger charge is -2.29. The normalized spacial score (nSPS) is 17.8. The molecule has 0 saturated heterocycles. The van der Waals surface area contributed by atoms with Gasteiger partial charge in [-0.2, -0.15) is 0 Å². The molecule has 4 N–H and O–H groups in total. The molecule has 3 aromatic carbocycles. The Bertz CT molecular complexity index is 1100. The maximum atomic E-state index is 6.01. The topological polar surface area (TPSA) is 79.7 Å². The molecule has 0 heterocycles. The Morgan fingerprint density at radius 3 is 2.28 bits per heavy atom. The third-order valence-corrected chi connectivity index (χ3v) is 6.68. The summed E-state index contributed by atoms with van der Waals surface area (Å²) in [6, 6.07) is 21.7. The van der Waals surface area contributed by atoms with Gasteiger partial charge in [0.25, 0.3) is 0 Å². The largest absolute Gasteiger partial charge is 0.490 e. The standard InChI is InChI=1S/C31H38N2O3/c1-2-3-20-34-27-15-8-24(9-16-27)25-10-17-28(18-11-25)35-21-4-5-23-6-13-29(14-7-23)36-31-19-12-26(32)22-30(31)33/h4-7,10-14,17-19,22,24,27H,2-3,8-9,15-16,20-21,32-33H2,1H3/b5-4+. The summed E-state index contributed by atoms with van der Waals surface area (Å²) in [5.41, 5.74) is 15.3. The van der Waals surface area contributed by atoms with Crippen molar-refractivity contribution in [3.8, 4) is 17.2 Å². The molecule has 3 aromatic rings. The Hall–Kier alpha value is -3.44. The Morgan fingerprint density at radius 1 is 0.861 bits per heavy atom. The average molecular weight is 487 g/mol. The SMILES string of the molecule is CCCCOC1CCC(c2ccc(OC/C=C/c3ccc(Oc4ccc(N)cc4N)cc3)cc2)CC1. The number of benzene rings is 3. The van der Waals surface area contributed by atoms with E-state index in [9.17, 15) is 0 Å². The molecule has 0 aromatic heterocycles. The highest BCUT2D eigenvalue weighted by Gasteiger charge is 2.22. The summed E-state index contributed by atoms with van der Waals surface area (Å²) in [6.07, 6.45) is 11.6. The number of ether oxygens (including phenoxy) is 3. The van der Waals surface area contributed by atoms with Crippen molar-refractivity contribution in [2.45, 2.75) is 57.5 Å². The van der Waals surface area contributed by atoms with Crippen molar-refractivity contribution >= 4 is 17.5 Å². The van der Waals surface area contributed by atoms with E-state index in [2.05, 4.69) is 31.2 Å². The summed E-state index contributed by atoms with van der Waals surface area (Å²) < 4.78 is 17.8. The van der Waals surface area contributed by atoms with Crippen molar-refractivity contribution in [2.24, 2.45) is 0 Å². The van der Waals surface area contributed by atoms with Crippen LogP contribution >= 0.6 is 0 Å². The lowest BCUT2D eigenvalue weighted by atomic mass is 9.83. The number of hydrogen-bond acceptors (Lipinski definition) is 5. The van der Waals surface area contributed by atoms with E-state index in [0.717, 1.165) is 23.7 Å². The fraction of sp³-hybridized carbons (Fsp3) is 0.355. The third kappa shape index (κ3) is 7.53. The number of unbranched alkanes of at least 4 members (excludes halogenated alkanes) is 1. The number of hydrogen-bond donors (Lipinski definition) is 2. The number of anilines is 2. The van der Waals surface area contributed by atoms with Crippen LogP contribution in [0.1, 0.15) is 62.5 Å². The monoisotopic (exact) mass is 486 g/mol. The van der Waals surface area contributed by atoms with Crippen LogP contribution in [0.15, 0.2) is 72.8 Å². The number of nitrogens with two attached hydrogens (primary N) is 2. The van der Waals surface area contributed by atoms with E-state index in [-0.39, 0.29) is 0 Å². The minimum atomic E-state index is 0.452. The molecule has 5 heteroatoms. The first-order valence-corrected chi connectivity index (χ1v) is 13.0. The molecule has 0 unspecified atom stereocenters. The summed E-state index contributed by atoms with van der Waals surface area (Å²) >= 11 is 0. The first kappa shape index (κ1) is 25.6. The Morgan fingerprint density at radius 2 is 1.58 bits per heavy atom. The van der Waals surface area contributed by atoms with E-state index in [1.165, 1.54) is 44.1 Å².